The van der Waals surface area contributed by atoms with E-state index in [9.17, 15) is 49.7 Å². The molecule has 9 atom stereocenters. The number of unbranched alkanes of at least 4 members (excludes halogenated alkanes) is 12. The molecular weight excluding hydrogens is 892 g/mol. The zero-order chi connectivity index (χ0) is 50.1. The Balaban J connectivity index is 2.52. The highest BCUT2D eigenvalue weighted by molar-refractivity contribution is 7.47. The number of phosphoric ester groups is 1. The van der Waals surface area contributed by atoms with E-state index in [1.807, 2.05) is 12.2 Å². The van der Waals surface area contributed by atoms with Gasteiger partial charge in [0.05, 0.1) is 12.7 Å². The van der Waals surface area contributed by atoms with E-state index < -0.39 is 81.8 Å². The van der Waals surface area contributed by atoms with Crippen LogP contribution in [0.5, 0.6) is 0 Å². The highest BCUT2D eigenvalue weighted by Crippen LogP contribution is 2.47. The number of rotatable bonds is 40. The Labute approximate surface area is 407 Å². The van der Waals surface area contributed by atoms with Crippen LogP contribution in [0.3, 0.4) is 0 Å². The Morgan fingerprint density at radius 2 is 1.01 bits per heavy atom. The monoisotopic (exact) mass is 979 g/mol. The van der Waals surface area contributed by atoms with Crippen LogP contribution < -0.4 is 0 Å². The van der Waals surface area contributed by atoms with Gasteiger partial charge in [0.2, 0.25) is 0 Å². The van der Waals surface area contributed by atoms with Crippen molar-refractivity contribution < 1.29 is 68.2 Å². The van der Waals surface area contributed by atoms with Gasteiger partial charge < -0.3 is 45.0 Å². The van der Waals surface area contributed by atoms with Crippen molar-refractivity contribution in [3.63, 3.8) is 0 Å². The van der Waals surface area contributed by atoms with Crippen LogP contribution in [0.1, 0.15) is 162 Å². The molecule has 7 N–H and O–H groups in total. The Kier molecular flexibility index (Phi) is 38.3. The third-order valence-electron chi connectivity index (χ3n) is 11.0. The number of phosphoric acid groups is 1. The van der Waals surface area contributed by atoms with E-state index in [1.165, 1.54) is 51.0 Å². The minimum absolute atomic E-state index is 0.0360. The zero-order valence-corrected chi connectivity index (χ0v) is 41.9. The molecule has 1 aliphatic carbocycles. The first-order chi connectivity index (χ1) is 32.8. The number of carbonyl (C=O) groups excluding carboxylic acids is 2. The third kappa shape index (κ3) is 33.3. The molecule has 15 heteroatoms. The number of hydrogen-bond donors (Lipinski definition) is 7. The van der Waals surface area contributed by atoms with Gasteiger partial charge >= 0.3 is 19.8 Å². The molecule has 388 valence electrons. The number of ether oxygens (including phenoxy) is 2. The number of hydrogen-bond acceptors (Lipinski definition) is 13. The van der Waals surface area contributed by atoms with Crippen molar-refractivity contribution >= 4 is 19.8 Å². The van der Waals surface area contributed by atoms with Gasteiger partial charge in [-0.25, -0.2) is 4.57 Å². The molecular formula is C53H87O14P. The van der Waals surface area contributed by atoms with E-state index in [0.717, 1.165) is 77.0 Å². The topological polar surface area (TPSA) is 230 Å². The molecule has 0 bridgehead atoms. The molecule has 0 spiro atoms. The van der Waals surface area contributed by atoms with Crippen molar-refractivity contribution in [2.45, 2.75) is 210 Å². The van der Waals surface area contributed by atoms with Gasteiger partial charge in [0.1, 0.15) is 43.2 Å². The molecule has 0 radical (unpaired) electrons. The molecule has 0 amide bonds. The normalized spacial score (nSPS) is 22.3. The summed E-state index contributed by atoms with van der Waals surface area (Å²) in [4.78, 5) is 35.8. The number of carbonyl (C=O) groups is 2. The molecule has 1 saturated carbocycles. The Morgan fingerprint density at radius 3 is 1.56 bits per heavy atom. The Morgan fingerprint density at radius 1 is 0.544 bits per heavy atom. The number of aliphatic hydroxyl groups is 6. The fourth-order valence-electron chi connectivity index (χ4n) is 6.96. The SMILES string of the molecule is CC/C=C\C/C=C\C/C=C\C/C=C\C/C=C\C=C/C(O)CCC(=O)OC[C@H](COP(=O)(O)OC1[C@H](O)[C@H](O)C(O)[C@H](O)[C@H]1O)OC(=O)CCCCCCCCCCC/C=C\C/C=C\CCCCC. The summed E-state index contributed by atoms with van der Waals surface area (Å²) in [6.07, 6.45) is 39.1. The van der Waals surface area contributed by atoms with Gasteiger partial charge in [-0.15, -0.1) is 0 Å². The quantitative estimate of drug-likeness (QED) is 0.00997. The first kappa shape index (κ1) is 62.7. The van der Waals surface area contributed by atoms with Crippen molar-refractivity contribution in [3.8, 4) is 0 Å². The molecule has 14 nitrogen and oxygen atoms in total. The van der Waals surface area contributed by atoms with E-state index in [2.05, 4.69) is 80.7 Å². The summed E-state index contributed by atoms with van der Waals surface area (Å²) < 4.78 is 33.4. The summed E-state index contributed by atoms with van der Waals surface area (Å²) in [5, 5.41) is 60.6. The number of aliphatic hydroxyl groups excluding tert-OH is 6. The maximum Gasteiger partial charge on any atom is 0.472 e. The minimum atomic E-state index is -5.19. The van der Waals surface area contributed by atoms with Crippen molar-refractivity contribution in [2.75, 3.05) is 13.2 Å². The van der Waals surface area contributed by atoms with Gasteiger partial charge in [0.25, 0.3) is 0 Å². The minimum Gasteiger partial charge on any atom is -0.462 e. The van der Waals surface area contributed by atoms with Gasteiger partial charge in [-0.1, -0.05) is 169 Å². The molecule has 0 aromatic heterocycles. The second-order valence-electron chi connectivity index (χ2n) is 17.1. The predicted molar refractivity (Wildman–Crippen MR) is 268 cm³/mol. The van der Waals surface area contributed by atoms with Crippen LogP contribution in [0.25, 0.3) is 0 Å². The fraction of sp³-hybridized carbons (Fsp3) is 0.660. The molecule has 1 fully saturated rings. The predicted octanol–water partition coefficient (Wildman–Crippen LogP) is 9.58. The van der Waals surface area contributed by atoms with Gasteiger partial charge in [-0.2, -0.15) is 0 Å². The second-order valence-corrected chi connectivity index (χ2v) is 18.5. The molecule has 1 aliphatic rings. The summed E-state index contributed by atoms with van der Waals surface area (Å²) >= 11 is 0. The van der Waals surface area contributed by atoms with Crippen LogP contribution >= 0.6 is 7.82 Å². The van der Waals surface area contributed by atoms with Crippen LogP contribution in [0.2, 0.25) is 0 Å². The maximum absolute atomic E-state index is 12.9. The smallest absolute Gasteiger partial charge is 0.462 e. The summed E-state index contributed by atoms with van der Waals surface area (Å²) in [7, 11) is -5.19. The largest absolute Gasteiger partial charge is 0.472 e. The molecule has 1 rings (SSSR count). The van der Waals surface area contributed by atoms with E-state index >= 15 is 0 Å². The number of allylic oxidation sites excluding steroid dienone is 15. The lowest BCUT2D eigenvalue weighted by Crippen LogP contribution is -2.64. The summed E-state index contributed by atoms with van der Waals surface area (Å²) in [6, 6.07) is 0. The molecule has 0 saturated heterocycles. The molecule has 68 heavy (non-hydrogen) atoms. The molecule has 0 heterocycles. The average Bonchev–Trinajstić information content (AvgIpc) is 3.32. The fourth-order valence-corrected chi connectivity index (χ4v) is 7.93. The van der Waals surface area contributed by atoms with Crippen molar-refractivity contribution in [3.05, 3.63) is 97.2 Å². The van der Waals surface area contributed by atoms with Crippen LogP contribution in [-0.2, 0) is 32.7 Å². The second kappa shape index (κ2) is 41.5. The standard InChI is InChI=1S/C53H87O14P/c1-3-5-7-9-11-13-15-17-19-21-22-23-25-27-29-31-33-35-37-39-47(56)66-45(43-65-68(62,63)67-53-51(60)49(58)48(57)50(59)52(53)61)42-64-46(55)41-40-44(54)38-36-34-32-30-28-26-24-20-18-16-14-12-10-8-6-4-2/h6,8,11-14,17-20,26,28,32,34,36,38,44-45,48-54,57-61H,3-5,7,9-10,15-16,21-25,27,29-31,33,35,37,39-43H2,1-2H3,(H,62,63)/b8-6-,13-11-,14-12-,19-17-,20-18-,28-26-,34-32-,38-36-/t44?,45-,48?,49-,50+,51-,52-,53?/m1/s1. The highest BCUT2D eigenvalue weighted by Gasteiger charge is 2.51. The van der Waals surface area contributed by atoms with E-state index in [-0.39, 0.29) is 19.3 Å². The van der Waals surface area contributed by atoms with E-state index in [0.29, 0.717) is 6.42 Å². The highest BCUT2D eigenvalue weighted by atomic mass is 31.2. The maximum atomic E-state index is 12.9. The van der Waals surface area contributed by atoms with Gasteiger partial charge in [0.15, 0.2) is 6.10 Å². The van der Waals surface area contributed by atoms with E-state index in [1.54, 1.807) is 12.2 Å². The van der Waals surface area contributed by atoms with Crippen LogP contribution in [0.4, 0.5) is 0 Å². The number of esters is 2. The lowest BCUT2D eigenvalue weighted by Gasteiger charge is -2.41. The average molecular weight is 979 g/mol. The molecule has 0 aliphatic heterocycles. The first-order valence-electron chi connectivity index (χ1n) is 25.1. The first-order valence-corrected chi connectivity index (χ1v) is 26.6. The lowest BCUT2D eigenvalue weighted by molar-refractivity contribution is -0.220. The lowest BCUT2D eigenvalue weighted by atomic mass is 9.85. The Hall–Kier alpha value is -3.27. The Bertz CT molecular complexity index is 1570. The molecule has 4 unspecified atom stereocenters. The summed E-state index contributed by atoms with van der Waals surface area (Å²) in [5.74, 6) is -1.39. The van der Waals surface area contributed by atoms with Crippen molar-refractivity contribution in [1.29, 1.82) is 0 Å². The zero-order valence-electron chi connectivity index (χ0n) is 41.0. The van der Waals surface area contributed by atoms with Gasteiger partial charge in [-0.05, 0) is 77.0 Å². The van der Waals surface area contributed by atoms with Crippen molar-refractivity contribution in [1.82, 2.24) is 0 Å². The molecule has 0 aromatic carbocycles. The van der Waals surface area contributed by atoms with Gasteiger partial charge in [0, 0.05) is 12.8 Å². The molecule has 0 aromatic rings. The third-order valence-corrected chi connectivity index (χ3v) is 12.0. The van der Waals surface area contributed by atoms with Gasteiger partial charge in [-0.3, -0.25) is 18.6 Å². The van der Waals surface area contributed by atoms with Crippen LogP contribution in [0, 0.1) is 0 Å². The van der Waals surface area contributed by atoms with E-state index in [4.69, 9.17) is 18.5 Å². The summed E-state index contributed by atoms with van der Waals surface area (Å²) in [5.41, 5.74) is 0. The van der Waals surface area contributed by atoms with Crippen molar-refractivity contribution in [2.24, 2.45) is 0 Å². The van der Waals surface area contributed by atoms with Crippen LogP contribution in [-0.4, -0.2) is 110 Å². The van der Waals surface area contributed by atoms with Crippen LogP contribution in [0.15, 0.2) is 97.2 Å². The summed E-state index contributed by atoms with van der Waals surface area (Å²) in [6.45, 7) is 2.95.